The van der Waals surface area contributed by atoms with Crippen LogP contribution in [0, 0.1) is 0 Å². The zero-order valence-electron chi connectivity index (χ0n) is 10.8. The minimum Gasteiger partial charge on any atom is -0.508 e. The van der Waals surface area contributed by atoms with Crippen molar-refractivity contribution in [1.29, 1.82) is 0 Å². The van der Waals surface area contributed by atoms with E-state index in [0.717, 1.165) is 17.5 Å². The monoisotopic (exact) mass is 242 g/mol. The van der Waals surface area contributed by atoms with Crippen molar-refractivity contribution in [1.82, 2.24) is 0 Å². The molecule has 2 aromatic carbocycles. The van der Waals surface area contributed by atoms with Gasteiger partial charge < -0.3 is 10.2 Å². The first-order chi connectivity index (χ1) is 8.65. The number of aromatic hydroxyl groups is 2. The number of benzene rings is 2. The van der Waals surface area contributed by atoms with E-state index in [4.69, 9.17) is 0 Å². The van der Waals surface area contributed by atoms with Crippen molar-refractivity contribution in [3.05, 3.63) is 47.5 Å². The molecule has 0 heterocycles. The van der Waals surface area contributed by atoms with Gasteiger partial charge in [0.1, 0.15) is 11.5 Å². The maximum absolute atomic E-state index is 10.1. The standard InChI is InChI=1S/C16H18O2/c1-3-11-6-5-7-13(8-11)14-10-15(17)12(4-2)9-16(14)18/h5-10,17-18H,3-4H2,1-2H3. The molecule has 0 saturated carbocycles. The van der Waals surface area contributed by atoms with E-state index in [0.29, 0.717) is 12.0 Å². The normalized spacial score (nSPS) is 10.6. The molecule has 0 aromatic heterocycles. The molecule has 18 heavy (non-hydrogen) atoms. The summed E-state index contributed by atoms with van der Waals surface area (Å²) in [6.07, 6.45) is 1.66. The maximum atomic E-state index is 10.1. The van der Waals surface area contributed by atoms with Gasteiger partial charge in [-0.1, -0.05) is 38.1 Å². The van der Waals surface area contributed by atoms with E-state index in [1.165, 1.54) is 5.56 Å². The Labute approximate surface area is 108 Å². The first-order valence-corrected chi connectivity index (χ1v) is 6.29. The smallest absolute Gasteiger partial charge is 0.123 e. The first-order valence-electron chi connectivity index (χ1n) is 6.29. The van der Waals surface area contributed by atoms with E-state index in [-0.39, 0.29) is 11.5 Å². The molecule has 2 rings (SSSR count). The summed E-state index contributed by atoms with van der Waals surface area (Å²) in [4.78, 5) is 0. The second-order valence-electron chi connectivity index (χ2n) is 4.41. The molecule has 2 aromatic rings. The predicted molar refractivity (Wildman–Crippen MR) is 74.0 cm³/mol. The number of rotatable bonds is 3. The quantitative estimate of drug-likeness (QED) is 0.802. The van der Waals surface area contributed by atoms with Crippen molar-refractivity contribution in [2.45, 2.75) is 26.7 Å². The molecular formula is C16H18O2. The number of aryl methyl sites for hydroxylation is 2. The summed E-state index contributed by atoms with van der Waals surface area (Å²) >= 11 is 0. The van der Waals surface area contributed by atoms with Gasteiger partial charge in [0.15, 0.2) is 0 Å². The molecule has 2 nitrogen and oxygen atoms in total. The van der Waals surface area contributed by atoms with Gasteiger partial charge in [0, 0.05) is 5.56 Å². The van der Waals surface area contributed by atoms with E-state index in [2.05, 4.69) is 13.0 Å². The third-order valence-corrected chi connectivity index (χ3v) is 3.22. The molecule has 0 saturated heterocycles. The van der Waals surface area contributed by atoms with Crippen LogP contribution in [-0.4, -0.2) is 10.2 Å². The summed E-state index contributed by atoms with van der Waals surface area (Å²) in [7, 11) is 0. The Hall–Kier alpha value is -1.96. The molecule has 0 radical (unpaired) electrons. The largest absolute Gasteiger partial charge is 0.508 e. The number of phenols is 2. The lowest BCUT2D eigenvalue weighted by Gasteiger charge is -2.10. The lowest BCUT2D eigenvalue weighted by molar-refractivity contribution is 0.456. The van der Waals surface area contributed by atoms with Crippen molar-refractivity contribution in [3.8, 4) is 22.6 Å². The molecule has 0 fully saturated rings. The topological polar surface area (TPSA) is 40.5 Å². The zero-order valence-corrected chi connectivity index (χ0v) is 10.8. The van der Waals surface area contributed by atoms with Gasteiger partial charge in [0.05, 0.1) is 0 Å². The highest BCUT2D eigenvalue weighted by molar-refractivity contribution is 5.73. The van der Waals surface area contributed by atoms with Gasteiger partial charge in [-0.3, -0.25) is 0 Å². The number of phenolic OH excluding ortho intramolecular Hbond substituents is 2. The summed E-state index contributed by atoms with van der Waals surface area (Å²) in [5.74, 6) is 0.463. The summed E-state index contributed by atoms with van der Waals surface area (Å²) in [5, 5.41) is 19.9. The van der Waals surface area contributed by atoms with Gasteiger partial charge in [-0.25, -0.2) is 0 Å². The summed E-state index contributed by atoms with van der Waals surface area (Å²) in [6.45, 7) is 4.04. The van der Waals surface area contributed by atoms with Crippen LogP contribution in [0.25, 0.3) is 11.1 Å². The fourth-order valence-corrected chi connectivity index (χ4v) is 2.09. The molecule has 0 atom stereocenters. The van der Waals surface area contributed by atoms with Gasteiger partial charge in [-0.2, -0.15) is 0 Å². The molecule has 0 aliphatic carbocycles. The van der Waals surface area contributed by atoms with Gasteiger partial charge >= 0.3 is 0 Å². The predicted octanol–water partition coefficient (Wildman–Crippen LogP) is 3.89. The Bertz CT molecular complexity index is 559. The van der Waals surface area contributed by atoms with Crippen LogP contribution in [0.3, 0.4) is 0 Å². The average Bonchev–Trinajstić information content (AvgIpc) is 2.41. The van der Waals surface area contributed by atoms with Gasteiger partial charge in [0.2, 0.25) is 0 Å². The fourth-order valence-electron chi connectivity index (χ4n) is 2.09. The van der Waals surface area contributed by atoms with Gasteiger partial charge in [0.25, 0.3) is 0 Å². The SMILES string of the molecule is CCc1cccc(-c2cc(O)c(CC)cc2O)c1. The lowest BCUT2D eigenvalue weighted by atomic mass is 9.98. The highest BCUT2D eigenvalue weighted by atomic mass is 16.3. The summed E-state index contributed by atoms with van der Waals surface area (Å²) in [5.41, 5.74) is 3.60. The van der Waals surface area contributed by atoms with E-state index in [9.17, 15) is 10.2 Å². The molecule has 2 N–H and O–H groups in total. The molecule has 0 amide bonds. The second kappa shape index (κ2) is 5.13. The molecule has 94 valence electrons. The Kier molecular flexibility index (Phi) is 3.56. The van der Waals surface area contributed by atoms with Crippen molar-refractivity contribution >= 4 is 0 Å². The van der Waals surface area contributed by atoms with E-state index in [1.807, 2.05) is 25.1 Å². The Morgan fingerprint density at radius 1 is 0.889 bits per heavy atom. The van der Waals surface area contributed by atoms with Crippen LogP contribution in [-0.2, 0) is 12.8 Å². The molecule has 0 bridgehead atoms. The van der Waals surface area contributed by atoms with E-state index >= 15 is 0 Å². The summed E-state index contributed by atoms with van der Waals surface area (Å²) in [6, 6.07) is 11.3. The maximum Gasteiger partial charge on any atom is 0.123 e. The molecule has 0 spiro atoms. The summed E-state index contributed by atoms with van der Waals surface area (Å²) < 4.78 is 0. The number of hydrogen-bond donors (Lipinski definition) is 2. The van der Waals surface area contributed by atoms with Crippen LogP contribution in [0.15, 0.2) is 36.4 Å². The van der Waals surface area contributed by atoms with Crippen LogP contribution >= 0.6 is 0 Å². The van der Waals surface area contributed by atoms with Crippen LogP contribution in [0.4, 0.5) is 0 Å². The van der Waals surface area contributed by atoms with Crippen molar-refractivity contribution in [3.63, 3.8) is 0 Å². The third-order valence-electron chi connectivity index (χ3n) is 3.22. The molecule has 0 aliphatic heterocycles. The molecule has 0 unspecified atom stereocenters. The Morgan fingerprint density at radius 3 is 2.33 bits per heavy atom. The lowest BCUT2D eigenvalue weighted by Crippen LogP contribution is -1.87. The molecule has 0 aliphatic rings. The van der Waals surface area contributed by atoms with E-state index < -0.39 is 0 Å². The highest BCUT2D eigenvalue weighted by Crippen LogP contribution is 2.35. The minimum absolute atomic E-state index is 0.220. The zero-order chi connectivity index (χ0) is 13.1. The fraction of sp³-hybridized carbons (Fsp3) is 0.250. The minimum atomic E-state index is 0.220. The first kappa shape index (κ1) is 12.5. The van der Waals surface area contributed by atoms with Gasteiger partial charge in [-0.15, -0.1) is 0 Å². The third kappa shape index (κ3) is 2.33. The van der Waals surface area contributed by atoms with Crippen molar-refractivity contribution < 1.29 is 10.2 Å². The highest BCUT2D eigenvalue weighted by Gasteiger charge is 2.09. The van der Waals surface area contributed by atoms with Crippen LogP contribution in [0.5, 0.6) is 11.5 Å². The molecule has 2 heteroatoms. The van der Waals surface area contributed by atoms with Crippen molar-refractivity contribution in [2.75, 3.05) is 0 Å². The Balaban J connectivity index is 2.53. The molecular weight excluding hydrogens is 224 g/mol. The van der Waals surface area contributed by atoms with Gasteiger partial charge in [-0.05, 0) is 41.7 Å². The second-order valence-corrected chi connectivity index (χ2v) is 4.41. The van der Waals surface area contributed by atoms with Crippen LogP contribution in [0.2, 0.25) is 0 Å². The van der Waals surface area contributed by atoms with E-state index in [1.54, 1.807) is 12.1 Å². The van der Waals surface area contributed by atoms with Crippen LogP contribution < -0.4 is 0 Å². The Morgan fingerprint density at radius 2 is 1.67 bits per heavy atom. The number of hydrogen-bond acceptors (Lipinski definition) is 2. The average molecular weight is 242 g/mol. The van der Waals surface area contributed by atoms with Crippen molar-refractivity contribution in [2.24, 2.45) is 0 Å². The van der Waals surface area contributed by atoms with Crippen LogP contribution in [0.1, 0.15) is 25.0 Å².